The Morgan fingerprint density at radius 3 is 2.90 bits per heavy atom. The van der Waals surface area contributed by atoms with Crippen LogP contribution in [-0.4, -0.2) is 32.2 Å². The monoisotopic (exact) mass is 294 g/mol. The number of carbonyl (C=O) groups excluding carboxylic acids is 1. The molecule has 0 saturated heterocycles. The van der Waals surface area contributed by atoms with Crippen LogP contribution < -0.4 is 10.6 Å². The van der Waals surface area contributed by atoms with Crippen molar-refractivity contribution in [3.8, 4) is 0 Å². The molecule has 0 aliphatic heterocycles. The molecule has 0 fully saturated rings. The maximum Gasteiger partial charge on any atom is 0.305 e. The third-order valence-electron chi connectivity index (χ3n) is 2.35. The van der Waals surface area contributed by atoms with Crippen molar-refractivity contribution < 1.29 is 9.72 Å². The Morgan fingerprint density at radius 2 is 2.30 bits per heavy atom. The summed E-state index contributed by atoms with van der Waals surface area (Å²) in [6.07, 6.45) is 0. The number of hydrogen-bond donors (Lipinski definition) is 2. The molecule has 0 bridgehead atoms. The third-order valence-corrected chi connectivity index (χ3v) is 2.86. The number of nitrogens with one attached hydrogen (secondary N) is 2. The highest BCUT2D eigenvalue weighted by Gasteiger charge is 2.24. The van der Waals surface area contributed by atoms with Crippen LogP contribution in [-0.2, 0) is 0 Å². The number of nitro benzene ring substituents is 1. The van der Waals surface area contributed by atoms with Crippen LogP contribution in [0.2, 0.25) is 0 Å². The zero-order chi connectivity index (χ0) is 14.5. The van der Waals surface area contributed by atoms with Gasteiger partial charge >= 0.3 is 5.69 Å². The molecule has 0 aliphatic rings. The molecule has 1 aromatic carbocycles. The van der Waals surface area contributed by atoms with Gasteiger partial charge in [-0.1, -0.05) is 15.7 Å². The van der Waals surface area contributed by atoms with E-state index >= 15 is 0 Å². The highest BCUT2D eigenvalue weighted by Crippen LogP contribution is 2.29. The molecule has 0 aliphatic carbocycles. The van der Waals surface area contributed by atoms with Crippen LogP contribution in [0.15, 0.2) is 18.2 Å². The summed E-state index contributed by atoms with van der Waals surface area (Å²) in [4.78, 5) is 22.6. The van der Waals surface area contributed by atoms with Crippen molar-refractivity contribution in [3.63, 3.8) is 0 Å². The molecule has 2 aromatic rings. The lowest BCUT2D eigenvalue weighted by Crippen LogP contribution is -2.15. The van der Waals surface area contributed by atoms with Gasteiger partial charge in [-0.05, 0) is 24.3 Å². The minimum absolute atomic E-state index is 0.0522. The van der Waals surface area contributed by atoms with E-state index in [9.17, 15) is 14.9 Å². The van der Waals surface area contributed by atoms with Crippen molar-refractivity contribution in [1.29, 1.82) is 0 Å². The number of nitrogens with zero attached hydrogens (tertiary/aromatic N) is 4. The molecular formula is C10H10N6O3S. The molecule has 10 heteroatoms. The first kappa shape index (κ1) is 13.8. The maximum absolute atomic E-state index is 12.1. The summed E-state index contributed by atoms with van der Waals surface area (Å²) in [6.45, 7) is 2.32. The lowest BCUT2D eigenvalue weighted by Gasteiger charge is -2.08. The molecule has 1 heterocycles. The Morgan fingerprint density at radius 1 is 1.50 bits per heavy atom. The van der Waals surface area contributed by atoms with Gasteiger partial charge in [0.1, 0.15) is 11.3 Å². The van der Waals surface area contributed by atoms with Crippen molar-refractivity contribution in [1.82, 2.24) is 14.8 Å². The van der Waals surface area contributed by atoms with Gasteiger partial charge in [0.05, 0.1) is 4.92 Å². The highest BCUT2D eigenvalue weighted by atomic mass is 32.1. The van der Waals surface area contributed by atoms with Crippen LogP contribution >= 0.6 is 11.5 Å². The van der Waals surface area contributed by atoms with E-state index in [4.69, 9.17) is 0 Å². The Balaban J connectivity index is 2.37. The molecule has 1 aromatic heterocycles. The fourth-order valence-corrected chi connectivity index (χ4v) is 1.96. The second-order valence-electron chi connectivity index (χ2n) is 3.61. The first-order valence-corrected chi connectivity index (χ1v) is 6.38. The number of benzene rings is 1. The van der Waals surface area contributed by atoms with Gasteiger partial charge < -0.3 is 5.32 Å². The molecule has 0 saturated carbocycles. The first-order chi connectivity index (χ1) is 9.63. The SMILES string of the molecule is CCNc1cccc(C(=O)Nc2nnns2)c1[N+](=O)[O-]. The van der Waals surface area contributed by atoms with Crippen LogP contribution in [0.5, 0.6) is 0 Å². The van der Waals surface area contributed by atoms with E-state index in [-0.39, 0.29) is 16.4 Å². The number of carbonyl (C=O) groups is 1. The van der Waals surface area contributed by atoms with E-state index in [1.165, 1.54) is 6.07 Å². The molecule has 20 heavy (non-hydrogen) atoms. The Labute approximate surface area is 117 Å². The summed E-state index contributed by atoms with van der Waals surface area (Å²) in [7, 11) is 0. The largest absolute Gasteiger partial charge is 0.380 e. The Kier molecular flexibility index (Phi) is 4.15. The molecule has 2 N–H and O–H groups in total. The Hall–Kier alpha value is -2.62. The second-order valence-corrected chi connectivity index (χ2v) is 4.34. The van der Waals surface area contributed by atoms with Crippen LogP contribution in [0.3, 0.4) is 0 Å². The molecule has 104 valence electrons. The van der Waals surface area contributed by atoms with E-state index in [2.05, 4.69) is 25.4 Å². The zero-order valence-electron chi connectivity index (χ0n) is 10.4. The second kappa shape index (κ2) is 6.02. The van der Waals surface area contributed by atoms with Gasteiger partial charge in [-0.15, -0.1) is 0 Å². The number of anilines is 2. The molecule has 0 radical (unpaired) electrons. The predicted molar refractivity (Wildman–Crippen MR) is 72.9 cm³/mol. The molecule has 0 spiro atoms. The standard InChI is InChI=1S/C10H10N6O3S/c1-2-11-7-5-3-4-6(8(7)16(18)19)9(17)12-10-13-14-15-20-10/h3-5,11H,2H2,1H3,(H,12,13,15,17). The van der Waals surface area contributed by atoms with Crippen LogP contribution in [0.4, 0.5) is 16.5 Å². The van der Waals surface area contributed by atoms with Crippen molar-refractivity contribution >= 4 is 33.9 Å². The van der Waals surface area contributed by atoms with E-state index < -0.39 is 10.8 Å². The third kappa shape index (κ3) is 2.85. The Bertz CT molecular complexity index is 630. The van der Waals surface area contributed by atoms with E-state index in [1.54, 1.807) is 12.1 Å². The smallest absolute Gasteiger partial charge is 0.305 e. The summed E-state index contributed by atoms with van der Waals surface area (Å²) in [5.41, 5.74) is -0.0338. The van der Waals surface area contributed by atoms with Gasteiger partial charge in [0, 0.05) is 18.1 Å². The predicted octanol–water partition coefficient (Wildman–Crippen LogP) is 1.53. The fraction of sp³-hybridized carbons (Fsp3) is 0.200. The van der Waals surface area contributed by atoms with E-state index in [1.807, 2.05) is 6.92 Å². The molecule has 0 atom stereocenters. The van der Waals surface area contributed by atoms with Gasteiger partial charge in [-0.2, -0.15) is 0 Å². The molecule has 9 nitrogen and oxygen atoms in total. The summed E-state index contributed by atoms with van der Waals surface area (Å²) in [5, 5.41) is 23.5. The first-order valence-electron chi connectivity index (χ1n) is 5.61. The van der Waals surface area contributed by atoms with Crippen LogP contribution in [0.25, 0.3) is 0 Å². The van der Waals surface area contributed by atoms with Crippen LogP contribution in [0, 0.1) is 10.1 Å². The average Bonchev–Trinajstić information content (AvgIpc) is 2.91. The summed E-state index contributed by atoms with van der Waals surface area (Å²) in [5.74, 6) is -0.630. The molecule has 1 amide bonds. The molecule has 2 rings (SSSR count). The highest BCUT2D eigenvalue weighted by molar-refractivity contribution is 7.09. The van der Waals surface area contributed by atoms with Crippen molar-refractivity contribution in [3.05, 3.63) is 33.9 Å². The lowest BCUT2D eigenvalue weighted by atomic mass is 10.1. The number of rotatable bonds is 5. The number of aromatic nitrogens is 3. The summed E-state index contributed by atoms with van der Waals surface area (Å²) >= 11 is 0.885. The lowest BCUT2D eigenvalue weighted by molar-refractivity contribution is -0.384. The van der Waals surface area contributed by atoms with Gasteiger partial charge in [0.2, 0.25) is 5.13 Å². The van der Waals surface area contributed by atoms with Crippen LogP contribution in [0.1, 0.15) is 17.3 Å². The quantitative estimate of drug-likeness (QED) is 0.633. The van der Waals surface area contributed by atoms with Gasteiger partial charge in [-0.25, -0.2) is 0 Å². The van der Waals surface area contributed by atoms with E-state index in [0.717, 1.165) is 11.5 Å². The van der Waals surface area contributed by atoms with Crippen molar-refractivity contribution in [2.45, 2.75) is 6.92 Å². The summed E-state index contributed by atoms with van der Waals surface area (Å²) < 4.78 is 3.49. The number of nitro groups is 1. The minimum atomic E-state index is -0.630. The fourth-order valence-electron chi connectivity index (χ4n) is 1.60. The average molecular weight is 294 g/mol. The normalized spacial score (nSPS) is 10.1. The zero-order valence-corrected chi connectivity index (χ0v) is 11.2. The van der Waals surface area contributed by atoms with Crippen molar-refractivity contribution in [2.75, 3.05) is 17.2 Å². The topological polar surface area (TPSA) is 123 Å². The maximum atomic E-state index is 12.1. The van der Waals surface area contributed by atoms with Gasteiger partial charge in [-0.3, -0.25) is 20.2 Å². The van der Waals surface area contributed by atoms with Gasteiger partial charge in [0.25, 0.3) is 5.91 Å². The number of para-hydroxylation sites is 1. The molecule has 0 unspecified atom stereocenters. The number of amides is 1. The van der Waals surface area contributed by atoms with E-state index in [0.29, 0.717) is 12.2 Å². The molecular weight excluding hydrogens is 284 g/mol. The summed E-state index contributed by atoms with van der Waals surface area (Å²) in [6, 6.07) is 4.49. The van der Waals surface area contributed by atoms with Gasteiger partial charge in [0.15, 0.2) is 0 Å². The van der Waals surface area contributed by atoms with Crippen molar-refractivity contribution in [2.24, 2.45) is 0 Å². The minimum Gasteiger partial charge on any atom is -0.380 e. The number of hydrogen-bond acceptors (Lipinski definition) is 8.